The minimum absolute atomic E-state index is 0.106. The van der Waals surface area contributed by atoms with Crippen molar-refractivity contribution in [1.29, 1.82) is 0 Å². The SMILES string of the molecule is CN(CCOCCOCCOCCCCCOCCOCCOO)C(=O)[C@H]1CCCNC1. The molecule has 10 heteroatoms. The number of rotatable bonds is 22. The standard InChI is InChI=1S/C22H44N2O8/c1-24(22(25)21-6-5-7-23-20-21)8-11-29-14-17-30-15-12-27-9-3-2-4-10-28-13-16-31-18-19-32-26/h21,23,26H,2-20H2,1H3/t21-/m0/s1. The lowest BCUT2D eigenvalue weighted by molar-refractivity contribution is -0.249. The van der Waals surface area contributed by atoms with Crippen molar-refractivity contribution in [1.82, 2.24) is 10.2 Å². The molecule has 0 aromatic carbocycles. The first-order valence-electron chi connectivity index (χ1n) is 11.9. The van der Waals surface area contributed by atoms with Gasteiger partial charge in [-0.15, -0.1) is 0 Å². The number of ether oxygens (including phenoxy) is 5. The van der Waals surface area contributed by atoms with Crippen molar-refractivity contribution in [2.75, 3.05) is 99.4 Å². The van der Waals surface area contributed by atoms with Crippen LogP contribution in [0.2, 0.25) is 0 Å². The van der Waals surface area contributed by atoms with Crippen LogP contribution in [-0.2, 0) is 33.4 Å². The number of unbranched alkanes of at least 4 members (excludes halogenated alkanes) is 2. The predicted molar refractivity (Wildman–Crippen MR) is 120 cm³/mol. The number of carbonyl (C=O) groups excluding carboxylic acids is 1. The third-order valence-corrected chi connectivity index (χ3v) is 5.11. The molecule has 0 saturated carbocycles. The lowest BCUT2D eigenvalue weighted by Gasteiger charge is -2.26. The second-order valence-electron chi connectivity index (χ2n) is 7.76. The molecule has 2 N–H and O–H groups in total. The molecule has 1 heterocycles. The van der Waals surface area contributed by atoms with Gasteiger partial charge in [-0.1, -0.05) is 0 Å². The van der Waals surface area contributed by atoms with Gasteiger partial charge in [0.1, 0.15) is 6.61 Å². The Morgan fingerprint density at radius 1 is 0.812 bits per heavy atom. The van der Waals surface area contributed by atoms with Crippen LogP contribution in [0.5, 0.6) is 0 Å². The molecule has 1 atom stereocenters. The van der Waals surface area contributed by atoms with Gasteiger partial charge in [0.05, 0.1) is 58.8 Å². The summed E-state index contributed by atoms with van der Waals surface area (Å²) in [5, 5.41) is 11.4. The number of amides is 1. The van der Waals surface area contributed by atoms with E-state index in [4.69, 9.17) is 28.9 Å². The van der Waals surface area contributed by atoms with Crippen molar-refractivity contribution in [2.45, 2.75) is 32.1 Å². The van der Waals surface area contributed by atoms with E-state index < -0.39 is 0 Å². The van der Waals surface area contributed by atoms with Crippen LogP contribution in [0.1, 0.15) is 32.1 Å². The maximum atomic E-state index is 12.3. The maximum absolute atomic E-state index is 12.3. The van der Waals surface area contributed by atoms with Crippen LogP contribution in [0.15, 0.2) is 0 Å². The Morgan fingerprint density at radius 3 is 1.88 bits per heavy atom. The lowest BCUT2D eigenvalue weighted by Crippen LogP contribution is -2.42. The van der Waals surface area contributed by atoms with Crippen LogP contribution in [0.3, 0.4) is 0 Å². The number of hydrogen-bond acceptors (Lipinski definition) is 9. The Kier molecular flexibility index (Phi) is 20.0. The molecule has 0 unspecified atom stereocenters. The number of likely N-dealkylation sites (N-methyl/N-ethyl adjacent to an activating group) is 1. The third kappa shape index (κ3) is 16.7. The van der Waals surface area contributed by atoms with Crippen LogP contribution < -0.4 is 5.32 Å². The van der Waals surface area contributed by atoms with Gasteiger partial charge in [0.25, 0.3) is 0 Å². The number of piperidine rings is 1. The van der Waals surface area contributed by atoms with Gasteiger partial charge in [0.15, 0.2) is 0 Å². The van der Waals surface area contributed by atoms with Crippen LogP contribution in [0, 0.1) is 5.92 Å². The molecule has 190 valence electrons. The summed E-state index contributed by atoms with van der Waals surface area (Å²) in [6, 6.07) is 0. The van der Waals surface area contributed by atoms with Crippen LogP contribution in [-0.4, -0.2) is 115 Å². The minimum atomic E-state index is 0.106. The van der Waals surface area contributed by atoms with E-state index in [-0.39, 0.29) is 18.4 Å². The molecule has 32 heavy (non-hydrogen) atoms. The number of nitrogens with one attached hydrogen (secondary N) is 1. The molecule has 0 spiro atoms. The monoisotopic (exact) mass is 464 g/mol. The van der Waals surface area contributed by atoms with Crippen molar-refractivity contribution >= 4 is 5.91 Å². The fraction of sp³-hybridized carbons (Fsp3) is 0.955. The van der Waals surface area contributed by atoms with Crippen molar-refractivity contribution in [2.24, 2.45) is 5.92 Å². The number of hydrogen-bond donors (Lipinski definition) is 2. The molecular weight excluding hydrogens is 420 g/mol. The van der Waals surface area contributed by atoms with Gasteiger partial charge in [-0.05, 0) is 38.6 Å². The molecule has 1 rings (SSSR count). The average molecular weight is 465 g/mol. The largest absolute Gasteiger partial charge is 0.379 e. The zero-order valence-electron chi connectivity index (χ0n) is 19.8. The Labute approximate surface area is 192 Å². The van der Waals surface area contributed by atoms with E-state index in [1.807, 2.05) is 7.05 Å². The van der Waals surface area contributed by atoms with E-state index in [1.165, 1.54) is 0 Å². The van der Waals surface area contributed by atoms with Gasteiger partial charge in [-0.3, -0.25) is 10.1 Å². The fourth-order valence-corrected chi connectivity index (χ4v) is 3.23. The molecule has 1 aliphatic heterocycles. The maximum Gasteiger partial charge on any atom is 0.226 e. The normalized spacial score (nSPS) is 16.4. The highest BCUT2D eigenvalue weighted by atomic mass is 17.1. The molecule has 0 aromatic heterocycles. The molecule has 1 aliphatic rings. The third-order valence-electron chi connectivity index (χ3n) is 5.11. The van der Waals surface area contributed by atoms with Crippen molar-refractivity contribution in [3.63, 3.8) is 0 Å². The van der Waals surface area contributed by atoms with E-state index in [1.54, 1.807) is 4.90 Å². The van der Waals surface area contributed by atoms with Crippen LogP contribution in [0.25, 0.3) is 0 Å². The molecular formula is C22H44N2O8. The van der Waals surface area contributed by atoms with Crippen molar-refractivity contribution in [3.05, 3.63) is 0 Å². The van der Waals surface area contributed by atoms with E-state index in [9.17, 15) is 4.79 Å². The minimum Gasteiger partial charge on any atom is -0.379 e. The van der Waals surface area contributed by atoms with Gasteiger partial charge in [-0.2, -0.15) is 0 Å². The predicted octanol–water partition coefficient (Wildman–Crippen LogP) is 1.19. The van der Waals surface area contributed by atoms with Crippen LogP contribution in [0.4, 0.5) is 0 Å². The van der Waals surface area contributed by atoms with Crippen LogP contribution >= 0.6 is 0 Å². The molecule has 1 amide bonds. The molecule has 0 aliphatic carbocycles. The van der Waals surface area contributed by atoms with Gasteiger partial charge in [0.2, 0.25) is 5.91 Å². The van der Waals surface area contributed by atoms with E-state index in [2.05, 4.69) is 10.2 Å². The smallest absolute Gasteiger partial charge is 0.226 e. The quantitative estimate of drug-likeness (QED) is 0.139. The molecule has 0 bridgehead atoms. The van der Waals surface area contributed by atoms with Gasteiger partial charge in [0, 0.05) is 33.4 Å². The molecule has 0 radical (unpaired) electrons. The van der Waals surface area contributed by atoms with Gasteiger partial charge in [-0.25, -0.2) is 4.89 Å². The first kappa shape index (κ1) is 29.2. The molecule has 1 fully saturated rings. The highest BCUT2D eigenvalue weighted by Gasteiger charge is 2.23. The summed E-state index contributed by atoms with van der Waals surface area (Å²) >= 11 is 0. The summed E-state index contributed by atoms with van der Waals surface area (Å²) in [6.07, 6.45) is 5.09. The fourth-order valence-electron chi connectivity index (χ4n) is 3.23. The Bertz CT molecular complexity index is 425. The van der Waals surface area contributed by atoms with E-state index >= 15 is 0 Å². The second kappa shape index (κ2) is 22.0. The molecule has 10 nitrogen and oxygen atoms in total. The van der Waals surface area contributed by atoms with Gasteiger partial charge >= 0.3 is 0 Å². The average Bonchev–Trinajstić information content (AvgIpc) is 2.82. The van der Waals surface area contributed by atoms with E-state index in [0.717, 1.165) is 51.8 Å². The summed E-state index contributed by atoms with van der Waals surface area (Å²) in [6.45, 7) is 8.16. The Balaban J connectivity index is 1.73. The second-order valence-corrected chi connectivity index (χ2v) is 7.76. The highest BCUT2D eigenvalue weighted by Crippen LogP contribution is 2.12. The van der Waals surface area contributed by atoms with Gasteiger partial charge < -0.3 is 33.9 Å². The summed E-state index contributed by atoms with van der Waals surface area (Å²) in [7, 11) is 1.84. The lowest BCUT2D eigenvalue weighted by atomic mass is 9.98. The summed E-state index contributed by atoms with van der Waals surface area (Å²) in [5.74, 6) is 0.313. The topological polar surface area (TPSA) is 108 Å². The summed E-state index contributed by atoms with van der Waals surface area (Å²) < 4.78 is 27.2. The zero-order chi connectivity index (χ0) is 23.1. The number of carbonyl (C=O) groups is 1. The van der Waals surface area contributed by atoms with Crippen molar-refractivity contribution in [3.8, 4) is 0 Å². The Hall–Kier alpha value is -0.850. The summed E-state index contributed by atoms with van der Waals surface area (Å²) in [4.78, 5) is 18.0. The van der Waals surface area contributed by atoms with E-state index in [0.29, 0.717) is 66.0 Å². The Morgan fingerprint density at radius 2 is 1.34 bits per heavy atom. The zero-order valence-corrected chi connectivity index (χ0v) is 19.8. The first-order chi connectivity index (χ1) is 15.8. The molecule has 1 saturated heterocycles. The first-order valence-corrected chi connectivity index (χ1v) is 11.9. The summed E-state index contributed by atoms with van der Waals surface area (Å²) in [5.41, 5.74) is 0. The highest BCUT2D eigenvalue weighted by molar-refractivity contribution is 5.78. The molecule has 0 aromatic rings. The number of nitrogens with zero attached hydrogens (tertiary/aromatic N) is 1. The van der Waals surface area contributed by atoms with Crippen molar-refractivity contribution < 1.29 is 38.6 Å².